The van der Waals surface area contributed by atoms with Crippen LogP contribution in [0.5, 0.6) is 0 Å². The number of carboxylic acids is 1. The lowest BCUT2D eigenvalue weighted by Crippen LogP contribution is -2.12. The number of aromatic nitrogens is 1. The molecule has 0 saturated carbocycles. The second-order valence-corrected chi connectivity index (χ2v) is 6.24. The Balaban J connectivity index is 1.97. The van der Waals surface area contributed by atoms with E-state index in [1.807, 2.05) is 32.0 Å². The number of carbonyl (C=O) groups excluding carboxylic acids is 1. The lowest BCUT2D eigenvalue weighted by Gasteiger charge is -2.10. The molecule has 0 atom stereocenters. The molecule has 5 heteroatoms. The number of ketones is 1. The number of aromatic carboxylic acids is 1. The second-order valence-electron chi connectivity index (χ2n) is 6.24. The van der Waals surface area contributed by atoms with Crippen LogP contribution in [0.25, 0.3) is 5.69 Å². The molecule has 0 radical (unpaired) electrons. The Labute approximate surface area is 150 Å². The van der Waals surface area contributed by atoms with Gasteiger partial charge in [-0.3, -0.25) is 4.79 Å². The van der Waals surface area contributed by atoms with Crippen LogP contribution in [0.2, 0.25) is 0 Å². The maximum absolute atomic E-state index is 13.0. The average Bonchev–Trinajstić information content (AvgIpc) is 3.01. The molecule has 0 aliphatic carbocycles. The molecule has 0 aliphatic rings. The third-order valence-electron chi connectivity index (χ3n) is 4.46. The molecule has 1 aromatic heterocycles. The Kier molecular flexibility index (Phi) is 4.71. The molecule has 0 aliphatic heterocycles. The molecule has 3 aromatic rings. The van der Waals surface area contributed by atoms with Crippen LogP contribution in [-0.4, -0.2) is 21.4 Å². The van der Waals surface area contributed by atoms with Gasteiger partial charge in [0, 0.05) is 23.9 Å². The van der Waals surface area contributed by atoms with E-state index < -0.39 is 11.8 Å². The van der Waals surface area contributed by atoms with Crippen LogP contribution < -0.4 is 0 Å². The summed E-state index contributed by atoms with van der Waals surface area (Å²) in [6, 6.07) is 12.6. The van der Waals surface area contributed by atoms with Crippen LogP contribution in [0.3, 0.4) is 0 Å². The van der Waals surface area contributed by atoms with Crippen molar-refractivity contribution < 1.29 is 19.1 Å². The predicted molar refractivity (Wildman–Crippen MR) is 96.6 cm³/mol. The molecule has 3 rings (SSSR count). The standard InChI is InChI=1S/C21H18FNO3/c1-13-3-8-18(11-14(13)2)23-10-9-16(20(23)21(25)26)12-19(24)15-4-6-17(22)7-5-15/h3-11H,12H2,1-2H3,(H,25,26). The highest BCUT2D eigenvalue weighted by molar-refractivity contribution is 5.99. The number of hydrogen-bond acceptors (Lipinski definition) is 2. The molecular formula is C21H18FNO3. The molecule has 0 saturated heterocycles. The summed E-state index contributed by atoms with van der Waals surface area (Å²) in [5, 5.41) is 9.66. The Morgan fingerprint density at radius 1 is 1.00 bits per heavy atom. The Morgan fingerprint density at radius 3 is 2.31 bits per heavy atom. The van der Waals surface area contributed by atoms with E-state index in [0.717, 1.165) is 16.8 Å². The predicted octanol–water partition coefficient (Wildman–Crippen LogP) is 4.36. The highest BCUT2D eigenvalue weighted by Crippen LogP contribution is 2.21. The van der Waals surface area contributed by atoms with E-state index in [9.17, 15) is 19.1 Å². The molecule has 132 valence electrons. The number of nitrogens with zero attached hydrogens (tertiary/aromatic N) is 1. The van der Waals surface area contributed by atoms with Crippen LogP contribution in [0, 0.1) is 19.7 Å². The van der Waals surface area contributed by atoms with Crippen LogP contribution in [0.15, 0.2) is 54.7 Å². The van der Waals surface area contributed by atoms with Gasteiger partial charge in [-0.25, -0.2) is 9.18 Å². The summed E-state index contributed by atoms with van der Waals surface area (Å²) in [5.74, 6) is -1.78. The van der Waals surface area contributed by atoms with E-state index in [1.54, 1.807) is 16.8 Å². The van der Waals surface area contributed by atoms with Gasteiger partial charge in [0.15, 0.2) is 5.78 Å². The number of carboxylic acid groups (broad SMARTS) is 1. The smallest absolute Gasteiger partial charge is 0.353 e. The fourth-order valence-corrected chi connectivity index (χ4v) is 2.86. The number of hydrogen-bond donors (Lipinski definition) is 1. The minimum atomic E-state index is -1.10. The minimum absolute atomic E-state index is 0.0590. The SMILES string of the molecule is Cc1ccc(-n2ccc(CC(=O)c3ccc(F)cc3)c2C(=O)O)cc1C. The van der Waals surface area contributed by atoms with Crippen molar-refractivity contribution in [3.8, 4) is 5.69 Å². The molecule has 0 unspecified atom stereocenters. The van der Waals surface area contributed by atoms with E-state index in [0.29, 0.717) is 11.1 Å². The van der Waals surface area contributed by atoms with Gasteiger partial charge >= 0.3 is 5.97 Å². The quantitative estimate of drug-likeness (QED) is 0.695. The largest absolute Gasteiger partial charge is 0.477 e. The normalized spacial score (nSPS) is 10.7. The van der Waals surface area contributed by atoms with Crippen molar-refractivity contribution in [3.63, 3.8) is 0 Å². The van der Waals surface area contributed by atoms with Gasteiger partial charge in [-0.15, -0.1) is 0 Å². The van der Waals surface area contributed by atoms with E-state index >= 15 is 0 Å². The molecule has 4 nitrogen and oxygen atoms in total. The van der Waals surface area contributed by atoms with Gasteiger partial charge in [-0.1, -0.05) is 6.07 Å². The molecule has 1 N–H and O–H groups in total. The van der Waals surface area contributed by atoms with Crippen LogP contribution in [-0.2, 0) is 6.42 Å². The molecule has 0 fully saturated rings. The summed E-state index contributed by atoms with van der Waals surface area (Å²) < 4.78 is 14.6. The number of carbonyl (C=O) groups is 2. The highest BCUT2D eigenvalue weighted by Gasteiger charge is 2.20. The number of Topliss-reactive ketones (excluding diaryl/α,β-unsaturated/α-hetero) is 1. The summed E-state index contributed by atoms with van der Waals surface area (Å²) in [6.07, 6.45) is 1.59. The lowest BCUT2D eigenvalue weighted by atomic mass is 10.0. The molecule has 26 heavy (non-hydrogen) atoms. The van der Waals surface area contributed by atoms with Crippen molar-refractivity contribution in [1.29, 1.82) is 0 Å². The van der Waals surface area contributed by atoms with Gasteiger partial charge in [-0.05, 0) is 73.0 Å². The van der Waals surface area contributed by atoms with Crippen molar-refractivity contribution >= 4 is 11.8 Å². The summed E-state index contributed by atoms with van der Waals surface area (Å²) in [5.41, 5.74) is 3.72. The monoisotopic (exact) mass is 351 g/mol. The summed E-state index contributed by atoms with van der Waals surface area (Å²) in [4.78, 5) is 24.2. The van der Waals surface area contributed by atoms with Crippen molar-refractivity contribution in [2.75, 3.05) is 0 Å². The average molecular weight is 351 g/mol. The number of halogens is 1. The zero-order valence-electron chi connectivity index (χ0n) is 14.5. The zero-order chi connectivity index (χ0) is 18.8. The number of aryl methyl sites for hydroxylation is 2. The highest BCUT2D eigenvalue weighted by atomic mass is 19.1. The molecule has 0 spiro atoms. The Bertz CT molecular complexity index is 987. The first-order valence-corrected chi connectivity index (χ1v) is 8.16. The van der Waals surface area contributed by atoms with Crippen molar-refractivity contribution in [1.82, 2.24) is 4.57 Å². The minimum Gasteiger partial charge on any atom is -0.477 e. The molecule has 0 bridgehead atoms. The Hall–Kier alpha value is -3.21. The Morgan fingerprint density at radius 2 is 1.69 bits per heavy atom. The zero-order valence-corrected chi connectivity index (χ0v) is 14.5. The van der Waals surface area contributed by atoms with Crippen LogP contribution in [0.4, 0.5) is 4.39 Å². The van der Waals surface area contributed by atoms with Crippen LogP contribution >= 0.6 is 0 Å². The number of benzene rings is 2. The molecule has 0 amide bonds. The second kappa shape index (κ2) is 6.96. The van der Waals surface area contributed by atoms with E-state index in [4.69, 9.17) is 0 Å². The van der Waals surface area contributed by atoms with E-state index in [1.165, 1.54) is 24.3 Å². The van der Waals surface area contributed by atoms with E-state index in [-0.39, 0.29) is 17.9 Å². The van der Waals surface area contributed by atoms with Gasteiger partial charge in [0.05, 0.1) is 0 Å². The maximum atomic E-state index is 13.0. The summed E-state index contributed by atoms with van der Waals surface area (Å²) >= 11 is 0. The van der Waals surface area contributed by atoms with Gasteiger partial charge < -0.3 is 9.67 Å². The van der Waals surface area contributed by atoms with Gasteiger partial charge in [-0.2, -0.15) is 0 Å². The third-order valence-corrected chi connectivity index (χ3v) is 4.46. The van der Waals surface area contributed by atoms with Crippen LogP contribution in [0.1, 0.15) is 37.5 Å². The third kappa shape index (κ3) is 3.42. The van der Waals surface area contributed by atoms with Crippen molar-refractivity contribution in [2.45, 2.75) is 20.3 Å². The summed E-state index contributed by atoms with van der Waals surface area (Å²) in [7, 11) is 0. The van der Waals surface area contributed by atoms with Crippen molar-refractivity contribution in [2.24, 2.45) is 0 Å². The first-order chi connectivity index (χ1) is 12.4. The lowest BCUT2D eigenvalue weighted by molar-refractivity contribution is 0.0687. The molecule has 1 heterocycles. The van der Waals surface area contributed by atoms with Gasteiger partial charge in [0.25, 0.3) is 0 Å². The van der Waals surface area contributed by atoms with E-state index in [2.05, 4.69) is 0 Å². The number of rotatable bonds is 5. The molecule has 2 aromatic carbocycles. The van der Waals surface area contributed by atoms with Gasteiger partial charge in [0.1, 0.15) is 11.5 Å². The summed E-state index contributed by atoms with van der Waals surface area (Å²) in [6.45, 7) is 3.95. The molecular weight excluding hydrogens is 333 g/mol. The first kappa shape index (κ1) is 17.6. The topological polar surface area (TPSA) is 59.3 Å². The van der Waals surface area contributed by atoms with Gasteiger partial charge in [0.2, 0.25) is 0 Å². The first-order valence-electron chi connectivity index (χ1n) is 8.16. The fraction of sp³-hybridized carbons (Fsp3) is 0.143. The fourth-order valence-electron chi connectivity index (χ4n) is 2.86. The maximum Gasteiger partial charge on any atom is 0.353 e. The van der Waals surface area contributed by atoms with Crippen molar-refractivity contribution in [3.05, 3.63) is 88.5 Å².